The molecule has 7 nitrogen and oxygen atoms in total. The van der Waals surface area contributed by atoms with E-state index in [0.717, 1.165) is 6.07 Å². The maximum absolute atomic E-state index is 10.9. The Kier molecular flexibility index (Phi) is 3.89. The van der Waals surface area contributed by atoms with Crippen molar-refractivity contribution < 1.29 is 24.7 Å². The van der Waals surface area contributed by atoms with E-state index < -0.39 is 27.9 Å². The number of ether oxygens (including phenoxy) is 1. The van der Waals surface area contributed by atoms with Crippen molar-refractivity contribution in [2.75, 3.05) is 6.61 Å². The molecule has 2 N–H and O–H groups in total. The van der Waals surface area contributed by atoms with Crippen LogP contribution >= 0.6 is 15.9 Å². The highest BCUT2D eigenvalue weighted by atomic mass is 79.9. The number of hydrogen-bond acceptors (Lipinski definition) is 5. The van der Waals surface area contributed by atoms with Crippen LogP contribution in [0.1, 0.15) is 17.3 Å². The van der Waals surface area contributed by atoms with E-state index in [1.807, 2.05) is 0 Å². The summed E-state index contributed by atoms with van der Waals surface area (Å²) >= 11 is 2.91. The molecule has 0 heterocycles. The van der Waals surface area contributed by atoms with Crippen LogP contribution < -0.4 is 4.74 Å². The number of carbonyl (C=O) groups is 1. The lowest BCUT2D eigenvalue weighted by molar-refractivity contribution is -0.386. The highest BCUT2D eigenvalue weighted by Crippen LogP contribution is 2.43. The van der Waals surface area contributed by atoms with Crippen molar-refractivity contribution >= 4 is 27.6 Å². The second-order valence-corrected chi connectivity index (χ2v) is 3.72. The summed E-state index contributed by atoms with van der Waals surface area (Å²) in [6.07, 6.45) is 0. The zero-order chi connectivity index (χ0) is 13.2. The number of phenols is 1. The van der Waals surface area contributed by atoms with E-state index in [4.69, 9.17) is 9.84 Å². The number of nitro benzene ring substituents is 1. The van der Waals surface area contributed by atoms with Gasteiger partial charge in [0.05, 0.1) is 11.5 Å². The standard InChI is InChI=1S/C9H8BrNO6/c1-2-17-5-3-4(9(13)14)7(11(15)16)8(12)6(5)10/h3,12H,2H2,1H3,(H,13,14). The number of hydrogen-bond donors (Lipinski definition) is 2. The summed E-state index contributed by atoms with van der Waals surface area (Å²) in [6.45, 7) is 1.89. The first-order chi connectivity index (χ1) is 7.90. The molecule has 0 unspecified atom stereocenters. The maximum Gasteiger partial charge on any atom is 0.343 e. The predicted octanol–water partition coefficient (Wildman–Crippen LogP) is 2.16. The zero-order valence-electron chi connectivity index (χ0n) is 8.64. The van der Waals surface area contributed by atoms with Crippen molar-refractivity contribution in [1.29, 1.82) is 0 Å². The van der Waals surface area contributed by atoms with E-state index in [9.17, 15) is 20.0 Å². The van der Waals surface area contributed by atoms with Gasteiger partial charge in [-0.15, -0.1) is 0 Å². The van der Waals surface area contributed by atoms with Gasteiger partial charge in [-0.25, -0.2) is 4.79 Å². The van der Waals surface area contributed by atoms with Crippen LogP contribution in [0.15, 0.2) is 10.5 Å². The molecule has 0 bridgehead atoms. The minimum absolute atomic E-state index is 0.0352. The Balaban J connectivity index is 3.56. The van der Waals surface area contributed by atoms with Crippen molar-refractivity contribution in [1.82, 2.24) is 0 Å². The number of rotatable bonds is 4. The van der Waals surface area contributed by atoms with Gasteiger partial charge in [0.15, 0.2) is 0 Å². The van der Waals surface area contributed by atoms with Gasteiger partial charge in [0.1, 0.15) is 15.8 Å². The van der Waals surface area contributed by atoms with Crippen molar-refractivity contribution in [3.63, 3.8) is 0 Å². The summed E-state index contributed by atoms with van der Waals surface area (Å²) in [7, 11) is 0. The molecule has 0 fully saturated rings. The average Bonchev–Trinajstić information content (AvgIpc) is 2.23. The van der Waals surface area contributed by atoms with Crippen LogP contribution in [0.25, 0.3) is 0 Å². The van der Waals surface area contributed by atoms with Gasteiger partial charge in [-0.1, -0.05) is 0 Å². The van der Waals surface area contributed by atoms with Gasteiger partial charge in [0, 0.05) is 6.07 Å². The fourth-order valence-corrected chi connectivity index (χ4v) is 1.64. The molecular weight excluding hydrogens is 298 g/mol. The average molecular weight is 306 g/mol. The van der Waals surface area contributed by atoms with Crippen molar-refractivity contribution in [3.8, 4) is 11.5 Å². The molecule has 0 aromatic heterocycles. The van der Waals surface area contributed by atoms with Crippen LogP contribution in [0.2, 0.25) is 0 Å². The lowest BCUT2D eigenvalue weighted by Crippen LogP contribution is -2.05. The topological polar surface area (TPSA) is 110 Å². The number of halogens is 1. The predicted molar refractivity (Wildman–Crippen MR) is 60.6 cm³/mol. The Bertz CT molecular complexity index is 487. The number of nitrogens with zero attached hydrogens (tertiary/aromatic N) is 1. The van der Waals surface area contributed by atoms with Crippen molar-refractivity contribution in [2.24, 2.45) is 0 Å². The molecule has 0 saturated carbocycles. The molecule has 0 aliphatic carbocycles. The molecule has 1 aromatic rings. The van der Waals surface area contributed by atoms with E-state index in [1.165, 1.54) is 0 Å². The van der Waals surface area contributed by atoms with Crippen LogP contribution in [0.3, 0.4) is 0 Å². The molecular formula is C9H8BrNO6. The Morgan fingerprint density at radius 1 is 1.65 bits per heavy atom. The van der Waals surface area contributed by atoms with E-state index in [-0.39, 0.29) is 16.8 Å². The van der Waals surface area contributed by atoms with Gasteiger partial charge in [0.2, 0.25) is 5.75 Å². The molecule has 0 aliphatic heterocycles. The summed E-state index contributed by atoms with van der Waals surface area (Å²) in [6, 6.07) is 0.994. The lowest BCUT2D eigenvalue weighted by Gasteiger charge is -2.09. The van der Waals surface area contributed by atoms with Crippen LogP contribution in [0.5, 0.6) is 11.5 Å². The molecule has 0 radical (unpaired) electrons. The number of carboxylic acid groups (broad SMARTS) is 1. The molecule has 17 heavy (non-hydrogen) atoms. The Hall–Kier alpha value is -1.83. The van der Waals surface area contributed by atoms with Crippen LogP contribution in [-0.4, -0.2) is 27.7 Å². The Morgan fingerprint density at radius 3 is 2.65 bits per heavy atom. The van der Waals surface area contributed by atoms with Gasteiger partial charge in [-0.05, 0) is 22.9 Å². The molecule has 0 aliphatic rings. The Morgan fingerprint density at radius 2 is 2.24 bits per heavy atom. The Labute approximate surface area is 104 Å². The highest BCUT2D eigenvalue weighted by molar-refractivity contribution is 9.10. The van der Waals surface area contributed by atoms with Crippen LogP contribution in [-0.2, 0) is 0 Å². The normalized spacial score (nSPS) is 10.0. The molecule has 0 atom stereocenters. The molecule has 0 amide bonds. The third kappa shape index (κ3) is 2.47. The molecule has 0 spiro atoms. The first kappa shape index (κ1) is 13.2. The monoisotopic (exact) mass is 305 g/mol. The summed E-state index contributed by atoms with van der Waals surface area (Å²) < 4.78 is 5.00. The van der Waals surface area contributed by atoms with Crippen LogP contribution in [0, 0.1) is 10.1 Å². The minimum atomic E-state index is -1.51. The first-order valence-electron chi connectivity index (χ1n) is 4.46. The number of aromatic carboxylic acids is 1. The number of nitro groups is 1. The molecule has 92 valence electrons. The molecule has 8 heteroatoms. The van der Waals surface area contributed by atoms with E-state index in [0.29, 0.717) is 0 Å². The van der Waals surface area contributed by atoms with Gasteiger partial charge in [-0.3, -0.25) is 10.1 Å². The third-order valence-electron chi connectivity index (χ3n) is 1.89. The summed E-state index contributed by atoms with van der Waals surface area (Å²) in [5.41, 5.74) is -1.49. The minimum Gasteiger partial charge on any atom is -0.501 e. The first-order valence-corrected chi connectivity index (χ1v) is 5.25. The molecule has 1 aromatic carbocycles. The maximum atomic E-state index is 10.9. The molecule has 0 saturated heterocycles. The van der Waals surface area contributed by atoms with Gasteiger partial charge < -0.3 is 14.9 Å². The van der Waals surface area contributed by atoms with Gasteiger partial charge in [-0.2, -0.15) is 0 Å². The molecule has 1 rings (SSSR count). The fraction of sp³-hybridized carbons (Fsp3) is 0.222. The van der Waals surface area contributed by atoms with E-state index in [1.54, 1.807) is 6.92 Å². The number of aromatic hydroxyl groups is 1. The smallest absolute Gasteiger partial charge is 0.343 e. The van der Waals surface area contributed by atoms with E-state index >= 15 is 0 Å². The summed E-state index contributed by atoms with van der Waals surface area (Å²) in [5, 5.41) is 29.1. The third-order valence-corrected chi connectivity index (χ3v) is 2.66. The summed E-state index contributed by atoms with van der Waals surface area (Å²) in [5.74, 6) is -2.24. The second kappa shape index (κ2) is 5.00. The van der Waals surface area contributed by atoms with Crippen LogP contribution in [0.4, 0.5) is 5.69 Å². The fourth-order valence-electron chi connectivity index (χ4n) is 1.22. The second-order valence-electron chi connectivity index (χ2n) is 2.93. The van der Waals surface area contributed by atoms with Gasteiger partial charge in [0.25, 0.3) is 0 Å². The van der Waals surface area contributed by atoms with Gasteiger partial charge >= 0.3 is 11.7 Å². The lowest BCUT2D eigenvalue weighted by atomic mass is 10.1. The number of carboxylic acids is 1. The number of phenolic OH excluding ortho intramolecular Hbond substituents is 1. The van der Waals surface area contributed by atoms with E-state index in [2.05, 4.69) is 15.9 Å². The SMILES string of the molecule is CCOc1cc(C(=O)O)c([N+](=O)[O-])c(O)c1Br. The quantitative estimate of drug-likeness (QED) is 0.651. The van der Waals surface area contributed by atoms with Crippen molar-refractivity contribution in [3.05, 3.63) is 26.2 Å². The summed E-state index contributed by atoms with van der Waals surface area (Å²) in [4.78, 5) is 20.6. The van der Waals surface area contributed by atoms with Crippen molar-refractivity contribution in [2.45, 2.75) is 6.92 Å². The highest BCUT2D eigenvalue weighted by Gasteiger charge is 2.29. The largest absolute Gasteiger partial charge is 0.501 e. The number of benzene rings is 1. The zero-order valence-corrected chi connectivity index (χ0v) is 10.2.